The molecule has 1 fully saturated rings. The second-order valence-corrected chi connectivity index (χ2v) is 8.63. The number of hydrogen-bond acceptors (Lipinski definition) is 7. The van der Waals surface area contributed by atoms with Gasteiger partial charge in [-0.1, -0.05) is 20.8 Å². The molecule has 2 aromatic heterocycles. The normalized spacial score (nSPS) is 17.9. The second kappa shape index (κ2) is 7.66. The standard InChI is InChI=1S/C18H28N6S/c1-18(2,3)17-21-11-14(25-17)10-20-9-13-6-5-7-24(13)16-8-15(19-4)22-12-23-16/h8,11-13,20H,5-7,9-10H2,1-4H3,(H,19,22,23). The first kappa shape index (κ1) is 18.1. The van der Waals surface area contributed by atoms with Crippen molar-refractivity contribution in [2.45, 2.75) is 51.6 Å². The lowest BCUT2D eigenvalue weighted by molar-refractivity contribution is 0.573. The van der Waals surface area contributed by atoms with E-state index in [1.807, 2.05) is 30.6 Å². The molecule has 1 unspecified atom stereocenters. The van der Waals surface area contributed by atoms with E-state index in [9.17, 15) is 0 Å². The Bertz CT molecular complexity index is 693. The summed E-state index contributed by atoms with van der Waals surface area (Å²) in [7, 11) is 1.88. The van der Waals surface area contributed by atoms with Gasteiger partial charge in [-0.25, -0.2) is 15.0 Å². The van der Waals surface area contributed by atoms with Crippen molar-refractivity contribution in [2.24, 2.45) is 0 Å². The summed E-state index contributed by atoms with van der Waals surface area (Å²) >= 11 is 1.81. The summed E-state index contributed by atoms with van der Waals surface area (Å²) in [5.41, 5.74) is 0.128. The molecule has 1 aliphatic rings. The first-order valence-electron chi connectivity index (χ1n) is 8.89. The third-order valence-electron chi connectivity index (χ3n) is 4.45. The van der Waals surface area contributed by atoms with Gasteiger partial charge in [-0.2, -0.15) is 0 Å². The lowest BCUT2D eigenvalue weighted by atomic mass is 9.98. The largest absolute Gasteiger partial charge is 0.373 e. The lowest BCUT2D eigenvalue weighted by Crippen LogP contribution is -2.38. The van der Waals surface area contributed by atoms with Crippen LogP contribution in [0.15, 0.2) is 18.6 Å². The van der Waals surface area contributed by atoms with Crippen LogP contribution in [-0.2, 0) is 12.0 Å². The van der Waals surface area contributed by atoms with Crippen LogP contribution in [0.3, 0.4) is 0 Å². The van der Waals surface area contributed by atoms with Gasteiger partial charge in [0.05, 0.1) is 5.01 Å². The van der Waals surface area contributed by atoms with E-state index in [1.165, 1.54) is 22.7 Å². The molecule has 6 nitrogen and oxygen atoms in total. The van der Waals surface area contributed by atoms with Gasteiger partial charge in [0.25, 0.3) is 0 Å². The fourth-order valence-corrected chi connectivity index (χ4v) is 4.03. The zero-order chi connectivity index (χ0) is 17.9. The molecule has 2 N–H and O–H groups in total. The molecule has 0 spiro atoms. The first-order valence-corrected chi connectivity index (χ1v) is 9.71. The highest BCUT2D eigenvalue weighted by Crippen LogP contribution is 2.27. The van der Waals surface area contributed by atoms with E-state index in [4.69, 9.17) is 0 Å². The predicted octanol–water partition coefficient (Wildman–Crippen LogP) is 3.03. The number of thiazole rings is 1. The summed E-state index contributed by atoms with van der Waals surface area (Å²) in [6, 6.07) is 2.51. The van der Waals surface area contributed by atoms with Crippen molar-refractivity contribution in [1.82, 2.24) is 20.3 Å². The molecular weight excluding hydrogens is 332 g/mol. The molecule has 0 aliphatic carbocycles. The van der Waals surface area contributed by atoms with Crippen molar-refractivity contribution in [2.75, 3.05) is 30.4 Å². The molecule has 0 amide bonds. The molecule has 3 rings (SSSR count). The average Bonchev–Trinajstić information content (AvgIpc) is 3.24. The molecular formula is C18H28N6S. The van der Waals surface area contributed by atoms with E-state index < -0.39 is 0 Å². The van der Waals surface area contributed by atoms with Gasteiger partial charge in [0.15, 0.2) is 0 Å². The van der Waals surface area contributed by atoms with Crippen LogP contribution < -0.4 is 15.5 Å². The van der Waals surface area contributed by atoms with E-state index in [-0.39, 0.29) is 5.41 Å². The molecule has 0 radical (unpaired) electrons. The topological polar surface area (TPSA) is 66.0 Å². The van der Waals surface area contributed by atoms with Crippen molar-refractivity contribution in [3.63, 3.8) is 0 Å². The van der Waals surface area contributed by atoms with Crippen molar-refractivity contribution in [3.05, 3.63) is 28.5 Å². The Morgan fingerprint density at radius 3 is 2.84 bits per heavy atom. The van der Waals surface area contributed by atoms with Crippen LogP contribution in [0.1, 0.15) is 43.5 Å². The Labute approximate surface area is 154 Å². The molecule has 7 heteroatoms. The molecule has 1 atom stereocenters. The lowest BCUT2D eigenvalue weighted by Gasteiger charge is -2.26. The van der Waals surface area contributed by atoms with E-state index in [0.717, 1.165) is 31.3 Å². The van der Waals surface area contributed by atoms with Gasteiger partial charge >= 0.3 is 0 Å². The maximum absolute atomic E-state index is 4.56. The number of rotatable bonds is 6. The molecule has 2 aromatic rings. The Balaban J connectivity index is 1.56. The molecule has 136 valence electrons. The summed E-state index contributed by atoms with van der Waals surface area (Å²) < 4.78 is 0. The minimum absolute atomic E-state index is 0.128. The smallest absolute Gasteiger partial charge is 0.134 e. The Morgan fingerprint density at radius 1 is 1.28 bits per heavy atom. The van der Waals surface area contributed by atoms with Crippen LogP contribution in [0.2, 0.25) is 0 Å². The van der Waals surface area contributed by atoms with Crippen LogP contribution in [0.25, 0.3) is 0 Å². The maximum Gasteiger partial charge on any atom is 0.134 e. The van der Waals surface area contributed by atoms with Crippen molar-refractivity contribution in [1.29, 1.82) is 0 Å². The van der Waals surface area contributed by atoms with E-state index in [1.54, 1.807) is 6.33 Å². The fourth-order valence-electron chi connectivity index (χ4n) is 3.09. The molecule has 0 aromatic carbocycles. The van der Waals surface area contributed by atoms with E-state index in [2.05, 4.69) is 51.3 Å². The number of nitrogens with zero attached hydrogens (tertiary/aromatic N) is 4. The quantitative estimate of drug-likeness (QED) is 0.825. The second-order valence-electron chi connectivity index (χ2n) is 7.51. The zero-order valence-corrected chi connectivity index (χ0v) is 16.4. The van der Waals surface area contributed by atoms with Gasteiger partial charge in [0.2, 0.25) is 0 Å². The summed E-state index contributed by atoms with van der Waals surface area (Å²) in [6.45, 7) is 9.52. The van der Waals surface area contributed by atoms with Gasteiger partial charge in [-0.3, -0.25) is 0 Å². The summed E-state index contributed by atoms with van der Waals surface area (Å²) in [5.74, 6) is 1.87. The van der Waals surface area contributed by atoms with Crippen molar-refractivity contribution in [3.8, 4) is 0 Å². The van der Waals surface area contributed by atoms with E-state index >= 15 is 0 Å². The van der Waals surface area contributed by atoms with Crippen LogP contribution in [0, 0.1) is 0 Å². The monoisotopic (exact) mass is 360 g/mol. The van der Waals surface area contributed by atoms with Crippen LogP contribution in [0.5, 0.6) is 0 Å². The van der Waals surface area contributed by atoms with Crippen molar-refractivity contribution < 1.29 is 0 Å². The third kappa shape index (κ3) is 4.46. The number of aromatic nitrogens is 3. The highest BCUT2D eigenvalue weighted by Gasteiger charge is 2.25. The number of anilines is 2. The molecule has 25 heavy (non-hydrogen) atoms. The van der Waals surface area contributed by atoms with Crippen LogP contribution in [0.4, 0.5) is 11.6 Å². The van der Waals surface area contributed by atoms with Crippen LogP contribution >= 0.6 is 11.3 Å². The Morgan fingerprint density at radius 2 is 2.12 bits per heavy atom. The summed E-state index contributed by atoms with van der Waals surface area (Å²) in [4.78, 5) is 16.9. The minimum Gasteiger partial charge on any atom is -0.373 e. The molecule has 0 saturated carbocycles. The molecule has 3 heterocycles. The summed E-state index contributed by atoms with van der Waals surface area (Å²) in [5, 5.41) is 7.89. The highest BCUT2D eigenvalue weighted by atomic mass is 32.1. The zero-order valence-electron chi connectivity index (χ0n) is 15.5. The van der Waals surface area contributed by atoms with Gasteiger partial charge in [-0.15, -0.1) is 11.3 Å². The summed E-state index contributed by atoms with van der Waals surface area (Å²) in [6.07, 6.45) is 6.05. The first-order chi connectivity index (χ1) is 12.0. The van der Waals surface area contributed by atoms with E-state index in [0.29, 0.717) is 6.04 Å². The Hall–Kier alpha value is -1.73. The molecule has 0 bridgehead atoms. The van der Waals surface area contributed by atoms with Gasteiger partial charge in [-0.05, 0) is 12.8 Å². The Kier molecular flexibility index (Phi) is 5.54. The number of hydrogen-bond donors (Lipinski definition) is 2. The van der Waals surface area contributed by atoms with Gasteiger partial charge in [0.1, 0.15) is 18.0 Å². The average molecular weight is 361 g/mol. The maximum atomic E-state index is 4.56. The SMILES string of the molecule is CNc1cc(N2CCCC2CNCc2cnc(C(C)(C)C)s2)ncn1. The third-order valence-corrected chi connectivity index (χ3v) is 5.88. The molecule has 1 aliphatic heterocycles. The van der Waals surface area contributed by atoms with Crippen LogP contribution in [-0.4, -0.2) is 41.1 Å². The van der Waals surface area contributed by atoms with Gasteiger partial charge in [0, 0.05) is 55.3 Å². The van der Waals surface area contributed by atoms with Crippen molar-refractivity contribution >= 4 is 23.0 Å². The molecule has 1 saturated heterocycles. The fraction of sp³-hybridized carbons (Fsp3) is 0.611. The minimum atomic E-state index is 0.128. The highest BCUT2D eigenvalue weighted by molar-refractivity contribution is 7.11. The predicted molar refractivity (Wildman–Crippen MR) is 104 cm³/mol. The van der Waals surface area contributed by atoms with Gasteiger partial charge < -0.3 is 15.5 Å². The number of nitrogens with one attached hydrogen (secondary N) is 2.